The van der Waals surface area contributed by atoms with E-state index in [4.69, 9.17) is 15.0 Å². The summed E-state index contributed by atoms with van der Waals surface area (Å²) in [5.74, 6) is 1.77. The van der Waals surface area contributed by atoms with Gasteiger partial charge in [-0.2, -0.15) is 0 Å². The number of thiophene rings is 4. The fraction of sp³-hybridized carbons (Fsp3) is 0. The van der Waals surface area contributed by atoms with Gasteiger partial charge in [-0.1, -0.05) is 182 Å². The summed E-state index contributed by atoms with van der Waals surface area (Å²) in [7, 11) is 0. The van der Waals surface area contributed by atoms with Gasteiger partial charge in [0.2, 0.25) is 0 Å². The molecule has 15 aromatic carbocycles. The molecule has 0 atom stereocenters. The van der Waals surface area contributed by atoms with Crippen molar-refractivity contribution in [1.29, 1.82) is 0 Å². The third-order valence-corrected chi connectivity index (χ3v) is 25.4. The molecule has 0 saturated heterocycles. The Morgan fingerprint density at radius 1 is 0.167 bits per heavy atom. The van der Waals surface area contributed by atoms with Crippen molar-refractivity contribution in [3.63, 3.8) is 0 Å². The van der Waals surface area contributed by atoms with Gasteiger partial charge in [0.25, 0.3) is 0 Å². The highest BCUT2D eigenvalue weighted by Gasteiger charge is 2.24. The SMILES string of the molecule is c1ccc(-c2nc(-c3ccccc3)nc(-c3cc(-n4c5ccc(-c6ccc7sc8ccccc8c7c6)cc5c5cc(-c6ccc7sc8ccccc8c7c6)ccc54)cc(-n4c5ccc(-c6ccc7sc8ccccc8c7c6)cc5c5cc(-c6ccc7sc8ccccc8c7c6)ccc54)c3)n2)cc1. The Kier molecular flexibility index (Phi) is 12.8. The monoisotopic (exact) mass is 1370 g/mol. The molecule has 0 bridgehead atoms. The van der Waals surface area contributed by atoms with Gasteiger partial charge in [-0.15, -0.1) is 45.3 Å². The smallest absolute Gasteiger partial charge is 0.164 e. The number of hydrogen-bond acceptors (Lipinski definition) is 7. The van der Waals surface area contributed by atoms with Gasteiger partial charge in [0, 0.05) is 130 Å². The zero-order valence-corrected chi connectivity index (χ0v) is 57.7. The molecule has 0 aliphatic rings. The second-order valence-electron chi connectivity index (χ2n) is 26.6. The van der Waals surface area contributed by atoms with E-state index in [-0.39, 0.29) is 0 Å². The predicted octanol–water partition coefficient (Wildman–Crippen LogP) is 27.2. The number of fused-ring (bicyclic) bond motifs is 18. The van der Waals surface area contributed by atoms with E-state index in [1.54, 1.807) is 0 Å². The van der Waals surface area contributed by atoms with Crippen LogP contribution in [0.1, 0.15) is 0 Å². The lowest BCUT2D eigenvalue weighted by atomic mass is 9.98. The normalized spacial score (nSPS) is 12.1. The van der Waals surface area contributed by atoms with Crippen LogP contribution in [0.4, 0.5) is 0 Å². The zero-order chi connectivity index (χ0) is 66.7. The van der Waals surface area contributed by atoms with Crippen LogP contribution < -0.4 is 0 Å². The lowest BCUT2D eigenvalue weighted by molar-refractivity contribution is 1.07. The third-order valence-electron chi connectivity index (χ3n) is 20.7. The van der Waals surface area contributed by atoms with Crippen molar-refractivity contribution < 1.29 is 0 Å². The fourth-order valence-corrected chi connectivity index (χ4v) is 20.2. The summed E-state index contributed by atoms with van der Waals surface area (Å²) < 4.78 is 15.3. The highest BCUT2D eigenvalue weighted by molar-refractivity contribution is 7.27. The lowest BCUT2D eigenvalue weighted by Crippen LogP contribution is -2.03. The standard InChI is InChI=1S/C93H53N5S4/c1-3-15-54(16-4-1)91-94-92(55-17-5-2-6-18-55)96-93(95-91)64-43-65(97-79-35-27-56(60-31-39-87-75(49-60)67-19-7-11-23-83(67)99-87)45-71(79)72-46-57(28-36-80(72)97)61-32-40-88-76(50-61)68-20-8-12-24-84(68)100-88)53-66(44-64)98-81-37-29-58(62-33-41-89-77(51-62)69-21-9-13-25-85(69)101-89)47-73(81)74-48-59(30-38-82(74)98)63-34-42-90-78(52-63)70-22-10-14-26-86(70)102-90/h1-53H. The molecule has 0 radical (unpaired) electrons. The van der Waals surface area contributed by atoms with Crippen LogP contribution in [-0.4, -0.2) is 24.1 Å². The van der Waals surface area contributed by atoms with Gasteiger partial charge in [-0.05, 0) is 184 Å². The summed E-state index contributed by atoms with van der Waals surface area (Å²) >= 11 is 7.42. The van der Waals surface area contributed by atoms with Crippen molar-refractivity contribution in [2.75, 3.05) is 0 Å². The number of benzene rings is 15. The van der Waals surface area contributed by atoms with Crippen molar-refractivity contribution in [3.05, 3.63) is 322 Å². The molecule has 22 aromatic rings. The largest absolute Gasteiger partial charge is 0.309 e. The number of nitrogens with zero attached hydrogens (tertiary/aromatic N) is 5. The molecule has 0 unspecified atom stereocenters. The van der Waals surface area contributed by atoms with Crippen LogP contribution in [0.5, 0.6) is 0 Å². The third kappa shape index (κ3) is 9.22. The fourth-order valence-electron chi connectivity index (χ4n) is 15.9. The summed E-state index contributed by atoms with van der Waals surface area (Å²) in [6.45, 7) is 0. The Morgan fingerprint density at radius 2 is 0.402 bits per heavy atom. The first-order valence-electron chi connectivity index (χ1n) is 34.3. The molecule has 0 N–H and O–H groups in total. The lowest BCUT2D eigenvalue weighted by Gasteiger charge is -2.16. The molecule has 474 valence electrons. The molecule has 22 rings (SSSR count). The molecule has 7 aromatic heterocycles. The summed E-state index contributed by atoms with van der Waals surface area (Å²) in [5.41, 5.74) is 18.3. The molecular weight excluding hydrogens is 1320 g/mol. The van der Waals surface area contributed by atoms with E-state index in [2.05, 4.69) is 294 Å². The first-order valence-corrected chi connectivity index (χ1v) is 37.6. The molecular formula is C93H53N5S4. The average Bonchev–Trinajstić information content (AvgIpc) is 1.57. The quantitative estimate of drug-likeness (QED) is 0.145. The Morgan fingerprint density at radius 3 is 0.696 bits per heavy atom. The Bertz CT molecular complexity index is 6500. The highest BCUT2D eigenvalue weighted by atomic mass is 32.1. The molecule has 0 amide bonds. The van der Waals surface area contributed by atoms with E-state index in [0.29, 0.717) is 17.5 Å². The van der Waals surface area contributed by atoms with Crippen LogP contribution in [0.3, 0.4) is 0 Å². The van der Waals surface area contributed by atoms with E-state index in [0.717, 1.165) is 93.9 Å². The van der Waals surface area contributed by atoms with Crippen molar-refractivity contribution in [2.45, 2.75) is 0 Å². The topological polar surface area (TPSA) is 48.5 Å². The van der Waals surface area contributed by atoms with Gasteiger partial charge < -0.3 is 9.13 Å². The highest BCUT2D eigenvalue weighted by Crippen LogP contribution is 2.46. The predicted molar refractivity (Wildman–Crippen MR) is 438 cm³/mol. The van der Waals surface area contributed by atoms with E-state index in [1.807, 2.05) is 81.7 Å². The number of hydrogen-bond donors (Lipinski definition) is 0. The first-order chi connectivity index (χ1) is 50.5. The van der Waals surface area contributed by atoms with Crippen molar-refractivity contribution >= 4 is 170 Å². The van der Waals surface area contributed by atoms with Crippen LogP contribution in [0, 0.1) is 0 Å². The molecule has 0 saturated carbocycles. The second-order valence-corrected chi connectivity index (χ2v) is 30.9. The minimum Gasteiger partial charge on any atom is -0.309 e. The van der Waals surface area contributed by atoms with E-state index in [9.17, 15) is 0 Å². The van der Waals surface area contributed by atoms with E-state index < -0.39 is 0 Å². The molecule has 9 heteroatoms. The zero-order valence-electron chi connectivity index (χ0n) is 54.5. The maximum absolute atomic E-state index is 5.48. The van der Waals surface area contributed by atoms with Crippen molar-refractivity contribution in [1.82, 2.24) is 24.1 Å². The Hall–Kier alpha value is -12.2. The van der Waals surface area contributed by atoms with Crippen LogP contribution in [0.15, 0.2) is 322 Å². The molecule has 102 heavy (non-hydrogen) atoms. The van der Waals surface area contributed by atoms with Gasteiger partial charge in [-0.25, -0.2) is 15.0 Å². The number of aromatic nitrogens is 5. The van der Waals surface area contributed by atoms with Gasteiger partial charge in [0.15, 0.2) is 17.5 Å². The van der Waals surface area contributed by atoms with Crippen LogP contribution in [0.25, 0.3) is 214 Å². The summed E-state index contributed by atoms with van der Waals surface area (Å²) in [6, 6.07) is 119. The molecule has 0 aliphatic carbocycles. The van der Waals surface area contributed by atoms with Crippen LogP contribution in [-0.2, 0) is 0 Å². The van der Waals surface area contributed by atoms with E-state index in [1.165, 1.54) is 103 Å². The van der Waals surface area contributed by atoms with Gasteiger partial charge in [0.1, 0.15) is 0 Å². The molecule has 0 aliphatic heterocycles. The molecule has 7 heterocycles. The first kappa shape index (κ1) is 57.7. The van der Waals surface area contributed by atoms with Gasteiger partial charge in [-0.3, -0.25) is 0 Å². The summed E-state index contributed by atoms with van der Waals surface area (Å²) in [6.07, 6.45) is 0. The van der Waals surface area contributed by atoms with Crippen LogP contribution in [0.2, 0.25) is 0 Å². The van der Waals surface area contributed by atoms with Crippen LogP contribution >= 0.6 is 45.3 Å². The maximum Gasteiger partial charge on any atom is 0.164 e. The maximum atomic E-state index is 5.48. The minimum atomic E-state index is 0.571. The second kappa shape index (κ2) is 22.7. The Balaban J connectivity index is 0.806. The van der Waals surface area contributed by atoms with Gasteiger partial charge >= 0.3 is 0 Å². The van der Waals surface area contributed by atoms with Crippen molar-refractivity contribution in [3.8, 4) is 90.0 Å². The Labute approximate surface area is 600 Å². The summed E-state index contributed by atoms with van der Waals surface area (Å²) in [4.78, 5) is 16.2. The minimum absolute atomic E-state index is 0.571. The van der Waals surface area contributed by atoms with Gasteiger partial charge in [0.05, 0.1) is 22.1 Å². The molecule has 0 spiro atoms. The summed E-state index contributed by atoms with van der Waals surface area (Å²) in [5, 5.41) is 14.9. The van der Waals surface area contributed by atoms with E-state index >= 15 is 0 Å². The molecule has 0 fully saturated rings. The number of rotatable bonds is 9. The van der Waals surface area contributed by atoms with Crippen molar-refractivity contribution in [2.24, 2.45) is 0 Å². The average molecular weight is 1370 g/mol. The molecule has 5 nitrogen and oxygen atoms in total.